The lowest BCUT2D eigenvalue weighted by Crippen LogP contribution is -2.09. The Kier molecular flexibility index (Phi) is 4.61. The summed E-state index contributed by atoms with van der Waals surface area (Å²) in [6.45, 7) is 3.92. The van der Waals surface area contributed by atoms with E-state index in [-0.39, 0.29) is 18.3 Å². The molecule has 0 bridgehead atoms. The molecule has 27 heavy (non-hydrogen) atoms. The third-order valence-electron chi connectivity index (χ3n) is 4.61. The number of para-hydroxylation sites is 1. The van der Waals surface area contributed by atoms with E-state index in [1.807, 2.05) is 42.5 Å². The van der Waals surface area contributed by atoms with Gasteiger partial charge in [-0.3, -0.25) is 0 Å². The second kappa shape index (κ2) is 7.38. The first-order valence-electron chi connectivity index (χ1n) is 9.32. The minimum atomic E-state index is 0.172. The number of rotatable bonds is 10. The number of epoxide rings is 3. The number of hydrogen-bond donors (Lipinski definition) is 0. The van der Waals surface area contributed by atoms with Crippen LogP contribution in [-0.4, -0.2) is 58.0 Å². The van der Waals surface area contributed by atoms with Crippen LogP contribution in [0.2, 0.25) is 0 Å². The zero-order valence-electron chi connectivity index (χ0n) is 15.0. The maximum absolute atomic E-state index is 6.10. The van der Waals surface area contributed by atoms with Crippen LogP contribution < -0.4 is 14.2 Å². The minimum Gasteiger partial charge on any atom is -0.491 e. The standard InChI is InChI=1S/C21H22O6/c1-3-14(7-15(4-1)22-8-16-9-23-16)19-5-2-6-20(26-12-17-10-24-17)21(19)27-13-18-11-25-18/h1-7,16-18H,8-13H2. The van der Waals surface area contributed by atoms with Crippen molar-refractivity contribution in [3.05, 3.63) is 42.5 Å². The maximum atomic E-state index is 6.10. The van der Waals surface area contributed by atoms with Gasteiger partial charge in [-0.1, -0.05) is 24.3 Å². The average Bonchev–Trinajstić information content (AvgIpc) is 3.57. The molecule has 0 aliphatic carbocycles. The van der Waals surface area contributed by atoms with Crippen LogP contribution in [0.3, 0.4) is 0 Å². The number of hydrogen-bond acceptors (Lipinski definition) is 6. The van der Waals surface area contributed by atoms with Crippen LogP contribution in [0, 0.1) is 0 Å². The molecule has 0 amide bonds. The lowest BCUT2D eigenvalue weighted by Gasteiger charge is -2.16. The first-order chi connectivity index (χ1) is 13.3. The van der Waals surface area contributed by atoms with Gasteiger partial charge in [-0.2, -0.15) is 0 Å². The van der Waals surface area contributed by atoms with Crippen molar-refractivity contribution in [2.24, 2.45) is 0 Å². The molecule has 142 valence electrons. The van der Waals surface area contributed by atoms with E-state index >= 15 is 0 Å². The fourth-order valence-corrected chi connectivity index (χ4v) is 2.80. The Morgan fingerprint density at radius 3 is 2.07 bits per heavy atom. The molecule has 3 atom stereocenters. The van der Waals surface area contributed by atoms with Crippen molar-refractivity contribution in [1.29, 1.82) is 0 Å². The summed E-state index contributed by atoms with van der Waals surface area (Å²) in [6, 6.07) is 13.9. The zero-order chi connectivity index (χ0) is 18.1. The van der Waals surface area contributed by atoms with E-state index in [1.54, 1.807) is 0 Å². The van der Waals surface area contributed by atoms with E-state index in [2.05, 4.69) is 0 Å². The Bertz CT molecular complexity index is 795. The van der Waals surface area contributed by atoms with Gasteiger partial charge in [0.2, 0.25) is 0 Å². The molecule has 6 heteroatoms. The van der Waals surface area contributed by atoms with E-state index in [1.165, 1.54) is 0 Å². The molecule has 2 aromatic rings. The highest BCUT2D eigenvalue weighted by molar-refractivity contribution is 5.74. The second-order valence-electron chi connectivity index (χ2n) is 6.96. The molecule has 3 saturated heterocycles. The Morgan fingerprint density at radius 2 is 1.37 bits per heavy atom. The van der Waals surface area contributed by atoms with Gasteiger partial charge in [0.05, 0.1) is 19.8 Å². The summed E-state index contributed by atoms with van der Waals surface area (Å²) in [5, 5.41) is 0. The van der Waals surface area contributed by atoms with Crippen LogP contribution in [-0.2, 0) is 14.2 Å². The van der Waals surface area contributed by atoms with Crippen LogP contribution in [0.5, 0.6) is 17.2 Å². The van der Waals surface area contributed by atoms with Crippen LogP contribution in [0.4, 0.5) is 0 Å². The predicted molar refractivity (Wildman–Crippen MR) is 97.6 cm³/mol. The Labute approximate surface area is 157 Å². The molecule has 0 N–H and O–H groups in total. The average molecular weight is 370 g/mol. The molecule has 3 fully saturated rings. The lowest BCUT2D eigenvalue weighted by atomic mass is 10.0. The van der Waals surface area contributed by atoms with E-state index in [4.69, 9.17) is 28.4 Å². The zero-order valence-corrected chi connectivity index (χ0v) is 15.0. The van der Waals surface area contributed by atoms with Gasteiger partial charge in [-0.25, -0.2) is 0 Å². The van der Waals surface area contributed by atoms with Crippen molar-refractivity contribution >= 4 is 0 Å². The van der Waals surface area contributed by atoms with E-state index in [0.29, 0.717) is 19.8 Å². The summed E-state index contributed by atoms with van der Waals surface area (Å²) >= 11 is 0. The molecule has 3 aliphatic heterocycles. The fraction of sp³-hybridized carbons (Fsp3) is 0.429. The Balaban J connectivity index is 1.40. The normalized spacial score (nSPS) is 25.0. The summed E-state index contributed by atoms with van der Waals surface area (Å²) in [6.07, 6.45) is 0.591. The molecule has 3 heterocycles. The quantitative estimate of drug-likeness (QED) is 0.599. The molecule has 2 aromatic carbocycles. The Hall–Kier alpha value is -2.28. The predicted octanol–water partition coefficient (Wildman–Crippen LogP) is 2.69. The first-order valence-corrected chi connectivity index (χ1v) is 9.32. The van der Waals surface area contributed by atoms with Crippen LogP contribution in [0.25, 0.3) is 11.1 Å². The highest BCUT2D eigenvalue weighted by Gasteiger charge is 2.27. The molecule has 6 nitrogen and oxygen atoms in total. The minimum absolute atomic E-state index is 0.172. The van der Waals surface area contributed by atoms with Crippen LogP contribution >= 0.6 is 0 Å². The third kappa shape index (κ3) is 4.53. The SMILES string of the molecule is c1cc(OCC2CO2)cc(-c2cccc(OCC3CO3)c2OCC2CO2)c1. The molecule has 3 aliphatic rings. The Morgan fingerprint density at radius 1 is 0.741 bits per heavy atom. The molecule has 0 radical (unpaired) electrons. The lowest BCUT2D eigenvalue weighted by molar-refractivity contribution is 0.229. The maximum Gasteiger partial charge on any atom is 0.169 e. The van der Waals surface area contributed by atoms with Crippen molar-refractivity contribution in [2.75, 3.05) is 39.6 Å². The monoisotopic (exact) mass is 370 g/mol. The molecule has 0 saturated carbocycles. The highest BCUT2D eigenvalue weighted by atomic mass is 16.6. The van der Waals surface area contributed by atoms with Crippen molar-refractivity contribution in [1.82, 2.24) is 0 Å². The van der Waals surface area contributed by atoms with Gasteiger partial charge >= 0.3 is 0 Å². The third-order valence-corrected chi connectivity index (χ3v) is 4.61. The first kappa shape index (κ1) is 16.9. The van der Waals surface area contributed by atoms with Gasteiger partial charge in [-0.05, 0) is 23.8 Å². The fourth-order valence-electron chi connectivity index (χ4n) is 2.80. The van der Waals surface area contributed by atoms with Crippen molar-refractivity contribution in [2.45, 2.75) is 18.3 Å². The number of benzene rings is 2. The van der Waals surface area contributed by atoms with Crippen molar-refractivity contribution in [3.63, 3.8) is 0 Å². The van der Waals surface area contributed by atoms with E-state index in [0.717, 1.165) is 48.2 Å². The van der Waals surface area contributed by atoms with Crippen molar-refractivity contribution in [3.8, 4) is 28.4 Å². The second-order valence-corrected chi connectivity index (χ2v) is 6.96. The molecule has 5 rings (SSSR count). The van der Waals surface area contributed by atoms with Gasteiger partial charge in [-0.15, -0.1) is 0 Å². The van der Waals surface area contributed by atoms with Gasteiger partial charge < -0.3 is 28.4 Å². The smallest absolute Gasteiger partial charge is 0.169 e. The van der Waals surface area contributed by atoms with Gasteiger partial charge in [0.15, 0.2) is 11.5 Å². The summed E-state index contributed by atoms with van der Waals surface area (Å²) in [5.41, 5.74) is 1.99. The van der Waals surface area contributed by atoms with Crippen LogP contribution in [0.15, 0.2) is 42.5 Å². The molecular formula is C21H22O6. The molecular weight excluding hydrogens is 348 g/mol. The summed E-state index contributed by atoms with van der Waals surface area (Å²) < 4.78 is 33.6. The molecule has 3 unspecified atom stereocenters. The van der Waals surface area contributed by atoms with E-state index < -0.39 is 0 Å². The van der Waals surface area contributed by atoms with E-state index in [9.17, 15) is 0 Å². The highest BCUT2D eigenvalue weighted by Crippen LogP contribution is 2.40. The molecule has 0 aromatic heterocycles. The topological polar surface area (TPSA) is 65.3 Å². The van der Waals surface area contributed by atoms with Gasteiger partial charge in [0, 0.05) is 5.56 Å². The summed E-state index contributed by atoms with van der Waals surface area (Å²) in [4.78, 5) is 0. The summed E-state index contributed by atoms with van der Waals surface area (Å²) in [7, 11) is 0. The van der Waals surface area contributed by atoms with Crippen molar-refractivity contribution < 1.29 is 28.4 Å². The largest absolute Gasteiger partial charge is 0.491 e. The summed E-state index contributed by atoms with van der Waals surface area (Å²) in [5.74, 6) is 2.27. The van der Waals surface area contributed by atoms with Gasteiger partial charge in [0.25, 0.3) is 0 Å². The number of ether oxygens (including phenoxy) is 6. The molecule has 0 spiro atoms. The van der Waals surface area contributed by atoms with Crippen LogP contribution in [0.1, 0.15) is 0 Å². The van der Waals surface area contributed by atoms with Gasteiger partial charge in [0.1, 0.15) is 43.9 Å².